The van der Waals surface area contributed by atoms with Crippen molar-refractivity contribution in [3.63, 3.8) is 0 Å². The van der Waals surface area contributed by atoms with Crippen molar-refractivity contribution in [1.82, 2.24) is 0 Å². The Balaban J connectivity index is 0.000000791. The van der Waals surface area contributed by atoms with Crippen molar-refractivity contribution in [1.29, 1.82) is 5.26 Å². The molecule has 0 aliphatic rings. The molecule has 0 atom stereocenters. The van der Waals surface area contributed by atoms with E-state index in [1.807, 2.05) is 32.0 Å². The lowest BCUT2D eigenvalue weighted by Gasteiger charge is -2.03. The number of aryl methyl sites for hydroxylation is 1. The van der Waals surface area contributed by atoms with Gasteiger partial charge in [-0.1, -0.05) is 26.8 Å². The molecule has 0 N–H and O–H groups in total. The first kappa shape index (κ1) is 12.5. The molecule has 1 rings (SSSR count). The van der Waals surface area contributed by atoms with Gasteiger partial charge in [0, 0.05) is 0 Å². The van der Waals surface area contributed by atoms with Crippen LogP contribution in [0.4, 0.5) is 0 Å². The van der Waals surface area contributed by atoms with E-state index in [1.54, 1.807) is 7.11 Å². The van der Waals surface area contributed by atoms with Gasteiger partial charge in [0.05, 0.1) is 12.7 Å². The van der Waals surface area contributed by atoms with E-state index in [2.05, 4.69) is 13.0 Å². The molecule has 1 aromatic rings. The summed E-state index contributed by atoms with van der Waals surface area (Å²) in [6.45, 7) is 6.06. The van der Waals surface area contributed by atoms with Gasteiger partial charge in [0.25, 0.3) is 0 Å². The Morgan fingerprint density at radius 3 is 2.43 bits per heavy atom. The van der Waals surface area contributed by atoms with E-state index in [0.29, 0.717) is 11.3 Å². The van der Waals surface area contributed by atoms with Gasteiger partial charge in [-0.15, -0.1) is 0 Å². The molecule has 0 aliphatic heterocycles. The van der Waals surface area contributed by atoms with Crippen LogP contribution in [0.15, 0.2) is 18.2 Å². The molecule has 76 valence electrons. The second-order valence-corrected chi connectivity index (χ2v) is 2.50. The average molecular weight is 191 g/mol. The maximum absolute atomic E-state index is 8.74. The molecule has 0 amide bonds. The predicted octanol–water partition coefficient (Wildman–Crippen LogP) is 3.16. The molecule has 0 saturated heterocycles. The Labute approximate surface area is 86.1 Å². The number of nitriles is 1. The van der Waals surface area contributed by atoms with Crippen LogP contribution < -0.4 is 4.74 Å². The van der Waals surface area contributed by atoms with E-state index in [4.69, 9.17) is 10.00 Å². The SMILES string of the molecule is CC.CCc1ccc(OC)c(C#N)c1. The smallest absolute Gasteiger partial charge is 0.136 e. The molecule has 2 nitrogen and oxygen atoms in total. The number of nitrogens with zero attached hydrogens (tertiary/aromatic N) is 1. The molecule has 2 heteroatoms. The van der Waals surface area contributed by atoms with Gasteiger partial charge in [0.15, 0.2) is 0 Å². The van der Waals surface area contributed by atoms with Crippen molar-refractivity contribution in [2.24, 2.45) is 0 Å². The van der Waals surface area contributed by atoms with E-state index in [1.165, 1.54) is 0 Å². The fourth-order valence-corrected chi connectivity index (χ4v) is 1.06. The normalized spacial score (nSPS) is 8.21. The molecule has 0 aromatic heterocycles. The zero-order valence-corrected chi connectivity index (χ0v) is 9.29. The first-order chi connectivity index (χ1) is 6.81. The van der Waals surface area contributed by atoms with Crippen LogP contribution in [-0.2, 0) is 6.42 Å². The summed E-state index contributed by atoms with van der Waals surface area (Å²) in [5.74, 6) is 0.648. The monoisotopic (exact) mass is 191 g/mol. The fourth-order valence-electron chi connectivity index (χ4n) is 1.06. The van der Waals surface area contributed by atoms with E-state index < -0.39 is 0 Å². The molecular weight excluding hydrogens is 174 g/mol. The van der Waals surface area contributed by atoms with Crippen LogP contribution in [0.1, 0.15) is 31.9 Å². The molecule has 14 heavy (non-hydrogen) atoms. The summed E-state index contributed by atoms with van der Waals surface area (Å²) in [5.41, 5.74) is 1.77. The largest absolute Gasteiger partial charge is 0.495 e. The Morgan fingerprint density at radius 1 is 1.36 bits per heavy atom. The molecule has 0 aliphatic carbocycles. The molecule has 1 aromatic carbocycles. The van der Waals surface area contributed by atoms with Gasteiger partial charge in [-0.2, -0.15) is 5.26 Å². The van der Waals surface area contributed by atoms with Gasteiger partial charge in [-0.3, -0.25) is 0 Å². The first-order valence-corrected chi connectivity index (χ1v) is 4.88. The minimum atomic E-state index is 0.608. The maximum atomic E-state index is 8.74. The van der Waals surface area contributed by atoms with Crippen molar-refractivity contribution in [3.8, 4) is 11.8 Å². The molecule has 0 bridgehead atoms. The third kappa shape index (κ3) is 3.10. The Bertz CT molecular complexity index is 313. The summed E-state index contributed by atoms with van der Waals surface area (Å²) < 4.78 is 5.01. The topological polar surface area (TPSA) is 33.0 Å². The highest BCUT2D eigenvalue weighted by atomic mass is 16.5. The quantitative estimate of drug-likeness (QED) is 0.719. The number of hydrogen-bond acceptors (Lipinski definition) is 2. The zero-order valence-electron chi connectivity index (χ0n) is 9.29. The predicted molar refractivity (Wildman–Crippen MR) is 58.4 cm³/mol. The average Bonchev–Trinajstić information content (AvgIpc) is 2.30. The Morgan fingerprint density at radius 2 is 2.00 bits per heavy atom. The summed E-state index contributed by atoms with van der Waals surface area (Å²) in [4.78, 5) is 0. The minimum Gasteiger partial charge on any atom is -0.495 e. The van der Waals surface area contributed by atoms with Crippen molar-refractivity contribution in [2.45, 2.75) is 27.2 Å². The first-order valence-electron chi connectivity index (χ1n) is 4.88. The van der Waals surface area contributed by atoms with Crippen LogP contribution in [0.2, 0.25) is 0 Å². The Kier molecular flexibility index (Phi) is 6.22. The van der Waals surface area contributed by atoms with Crippen LogP contribution in [0.25, 0.3) is 0 Å². The minimum absolute atomic E-state index is 0.608. The van der Waals surface area contributed by atoms with Gasteiger partial charge < -0.3 is 4.74 Å². The van der Waals surface area contributed by atoms with Crippen LogP contribution in [-0.4, -0.2) is 7.11 Å². The standard InChI is InChI=1S/C10H11NO.C2H6/c1-3-8-4-5-10(12-2)9(6-8)7-11;1-2/h4-6H,3H2,1-2H3;1-2H3. The number of hydrogen-bond donors (Lipinski definition) is 0. The highest BCUT2D eigenvalue weighted by Crippen LogP contribution is 2.18. The van der Waals surface area contributed by atoms with E-state index >= 15 is 0 Å². The molecule has 0 spiro atoms. The van der Waals surface area contributed by atoms with Gasteiger partial charge >= 0.3 is 0 Å². The number of methoxy groups -OCH3 is 1. The molecule has 0 saturated carbocycles. The van der Waals surface area contributed by atoms with Gasteiger partial charge in [0.1, 0.15) is 11.8 Å². The van der Waals surface area contributed by atoms with Crippen molar-refractivity contribution in [2.75, 3.05) is 7.11 Å². The summed E-state index contributed by atoms with van der Waals surface area (Å²) in [5, 5.41) is 8.74. The van der Waals surface area contributed by atoms with Crippen LogP contribution in [0.5, 0.6) is 5.75 Å². The van der Waals surface area contributed by atoms with E-state index in [9.17, 15) is 0 Å². The Hall–Kier alpha value is -1.49. The summed E-state index contributed by atoms with van der Waals surface area (Å²) in [6.07, 6.45) is 0.943. The molecule has 0 fully saturated rings. The number of benzene rings is 1. The molecule has 0 heterocycles. The third-order valence-corrected chi connectivity index (χ3v) is 1.79. The van der Waals surface area contributed by atoms with Gasteiger partial charge in [-0.05, 0) is 24.1 Å². The van der Waals surface area contributed by atoms with Gasteiger partial charge in [0.2, 0.25) is 0 Å². The second-order valence-electron chi connectivity index (χ2n) is 2.50. The lowest BCUT2D eigenvalue weighted by molar-refractivity contribution is 0.413. The van der Waals surface area contributed by atoms with Crippen LogP contribution in [0.3, 0.4) is 0 Å². The molecular formula is C12H17NO. The summed E-state index contributed by atoms with van der Waals surface area (Å²) in [6, 6.07) is 7.76. The second kappa shape index (κ2) is 6.97. The van der Waals surface area contributed by atoms with E-state index in [-0.39, 0.29) is 0 Å². The highest BCUT2D eigenvalue weighted by Gasteiger charge is 2.01. The summed E-state index contributed by atoms with van der Waals surface area (Å²) in [7, 11) is 1.57. The third-order valence-electron chi connectivity index (χ3n) is 1.79. The highest BCUT2D eigenvalue weighted by molar-refractivity contribution is 5.45. The fraction of sp³-hybridized carbons (Fsp3) is 0.417. The van der Waals surface area contributed by atoms with Crippen LogP contribution >= 0.6 is 0 Å². The van der Waals surface area contributed by atoms with Crippen molar-refractivity contribution >= 4 is 0 Å². The molecule has 0 radical (unpaired) electrons. The lowest BCUT2D eigenvalue weighted by Crippen LogP contribution is -1.89. The lowest BCUT2D eigenvalue weighted by atomic mass is 10.1. The van der Waals surface area contributed by atoms with Crippen molar-refractivity contribution < 1.29 is 4.74 Å². The number of ether oxygens (including phenoxy) is 1. The summed E-state index contributed by atoms with van der Waals surface area (Å²) >= 11 is 0. The van der Waals surface area contributed by atoms with Crippen molar-refractivity contribution in [3.05, 3.63) is 29.3 Å². The van der Waals surface area contributed by atoms with Crippen LogP contribution in [0, 0.1) is 11.3 Å². The maximum Gasteiger partial charge on any atom is 0.136 e. The zero-order chi connectivity index (χ0) is 11.0. The van der Waals surface area contributed by atoms with E-state index in [0.717, 1.165) is 12.0 Å². The number of rotatable bonds is 2. The van der Waals surface area contributed by atoms with Gasteiger partial charge in [-0.25, -0.2) is 0 Å². The molecule has 0 unspecified atom stereocenters.